The van der Waals surface area contributed by atoms with Crippen molar-refractivity contribution in [3.63, 3.8) is 0 Å². The van der Waals surface area contributed by atoms with Crippen molar-refractivity contribution in [3.8, 4) is 5.75 Å². The monoisotopic (exact) mass is 469 g/mol. The van der Waals surface area contributed by atoms with Crippen LogP contribution in [0.25, 0.3) is 0 Å². The minimum Gasteiger partial charge on any atom is -0.495 e. The Morgan fingerprint density at radius 1 is 1.06 bits per heavy atom. The van der Waals surface area contributed by atoms with E-state index in [1.54, 1.807) is 49.4 Å². The third kappa shape index (κ3) is 5.12. The number of sulfonamides is 1. The van der Waals surface area contributed by atoms with Gasteiger partial charge < -0.3 is 10.1 Å². The molecule has 0 saturated heterocycles. The first-order valence-corrected chi connectivity index (χ1v) is 11.4. The second-order valence-corrected chi connectivity index (χ2v) is 9.09. The molecule has 0 saturated carbocycles. The molecule has 0 fully saturated rings. The van der Waals surface area contributed by atoms with Crippen LogP contribution in [-0.2, 0) is 14.8 Å². The van der Waals surface area contributed by atoms with Gasteiger partial charge in [0.2, 0.25) is 5.91 Å². The Morgan fingerprint density at radius 3 is 2.39 bits per heavy atom. The normalized spacial score (nSPS) is 11.0. The smallest absolute Gasteiger partial charge is 0.274 e. The lowest BCUT2D eigenvalue weighted by atomic mass is 10.1. The second kappa shape index (κ2) is 9.70. The van der Waals surface area contributed by atoms with Crippen LogP contribution in [0.1, 0.15) is 11.1 Å². The lowest BCUT2D eigenvalue weighted by Gasteiger charge is -2.25. The van der Waals surface area contributed by atoms with Gasteiger partial charge in [-0.15, -0.1) is 0 Å². The maximum atomic E-state index is 13.6. The molecule has 3 aromatic rings. The highest BCUT2D eigenvalue weighted by Crippen LogP contribution is 2.31. The van der Waals surface area contributed by atoms with Crippen molar-refractivity contribution in [2.75, 3.05) is 23.3 Å². The number of para-hydroxylation sites is 1. The van der Waals surface area contributed by atoms with E-state index in [-0.39, 0.29) is 33.3 Å². The van der Waals surface area contributed by atoms with Crippen molar-refractivity contribution in [1.82, 2.24) is 0 Å². The van der Waals surface area contributed by atoms with E-state index in [1.807, 2.05) is 0 Å². The van der Waals surface area contributed by atoms with Crippen molar-refractivity contribution in [1.29, 1.82) is 0 Å². The number of ether oxygens (including phenoxy) is 1. The summed E-state index contributed by atoms with van der Waals surface area (Å²) in [5.74, 6) is -0.505. The van der Waals surface area contributed by atoms with E-state index in [1.165, 1.54) is 38.3 Å². The highest BCUT2D eigenvalue weighted by Gasteiger charge is 2.30. The number of hydrogen-bond acceptors (Lipinski definition) is 6. The van der Waals surface area contributed by atoms with Gasteiger partial charge in [0, 0.05) is 6.07 Å². The molecule has 0 aliphatic rings. The van der Waals surface area contributed by atoms with E-state index in [2.05, 4.69) is 5.32 Å². The summed E-state index contributed by atoms with van der Waals surface area (Å²) in [4.78, 5) is 23.5. The third-order valence-electron chi connectivity index (χ3n) is 4.99. The first kappa shape index (κ1) is 23.7. The SMILES string of the molecule is COc1ccc(C)cc1S(=O)(=O)N(CC(=O)Nc1cccc([N+](=O)[O-])c1C)c1ccccc1. The summed E-state index contributed by atoms with van der Waals surface area (Å²) in [5.41, 5.74) is 1.34. The average Bonchev–Trinajstić information content (AvgIpc) is 2.79. The molecule has 1 N–H and O–H groups in total. The minimum atomic E-state index is -4.20. The fourth-order valence-electron chi connectivity index (χ4n) is 3.29. The van der Waals surface area contributed by atoms with Crippen LogP contribution >= 0.6 is 0 Å². The number of carbonyl (C=O) groups excluding carboxylic acids is 1. The van der Waals surface area contributed by atoms with Crippen LogP contribution in [0.2, 0.25) is 0 Å². The van der Waals surface area contributed by atoms with Crippen molar-refractivity contribution in [3.05, 3.63) is 88.0 Å². The molecule has 3 aromatic carbocycles. The van der Waals surface area contributed by atoms with Gasteiger partial charge in [0.15, 0.2) is 0 Å². The van der Waals surface area contributed by atoms with Gasteiger partial charge in [-0.05, 0) is 49.7 Å². The Bertz CT molecular complexity index is 1290. The molecule has 9 nitrogen and oxygen atoms in total. The number of aryl methyl sites for hydroxylation is 1. The molecule has 0 spiro atoms. The lowest BCUT2D eigenvalue weighted by molar-refractivity contribution is -0.385. The lowest BCUT2D eigenvalue weighted by Crippen LogP contribution is -2.38. The molecule has 10 heteroatoms. The molecule has 1 amide bonds. The van der Waals surface area contributed by atoms with Gasteiger partial charge in [-0.2, -0.15) is 0 Å². The first-order valence-electron chi connectivity index (χ1n) is 9.91. The van der Waals surface area contributed by atoms with Crippen LogP contribution < -0.4 is 14.4 Å². The zero-order valence-corrected chi connectivity index (χ0v) is 19.1. The highest BCUT2D eigenvalue weighted by atomic mass is 32.2. The van der Waals surface area contributed by atoms with Crippen LogP contribution in [0.15, 0.2) is 71.6 Å². The van der Waals surface area contributed by atoms with E-state index in [0.29, 0.717) is 5.56 Å². The number of carbonyl (C=O) groups is 1. The van der Waals surface area contributed by atoms with E-state index in [9.17, 15) is 23.3 Å². The number of nitrogens with one attached hydrogen (secondary N) is 1. The van der Waals surface area contributed by atoms with Gasteiger partial charge >= 0.3 is 0 Å². The fourth-order valence-corrected chi connectivity index (χ4v) is 4.95. The van der Waals surface area contributed by atoms with E-state index in [4.69, 9.17) is 4.74 Å². The van der Waals surface area contributed by atoms with Crippen LogP contribution in [0, 0.1) is 24.0 Å². The van der Waals surface area contributed by atoms with Crippen LogP contribution in [0.3, 0.4) is 0 Å². The van der Waals surface area contributed by atoms with Crippen molar-refractivity contribution in [2.24, 2.45) is 0 Å². The number of nitro benzene ring substituents is 1. The summed E-state index contributed by atoms with van der Waals surface area (Å²) >= 11 is 0. The number of rotatable bonds is 8. The molecule has 3 rings (SSSR count). The van der Waals surface area contributed by atoms with Gasteiger partial charge in [0.25, 0.3) is 15.7 Å². The predicted octanol–water partition coefficient (Wildman–Crippen LogP) is 4.05. The third-order valence-corrected chi connectivity index (χ3v) is 6.79. The van der Waals surface area contributed by atoms with Crippen LogP contribution in [0.4, 0.5) is 17.1 Å². The molecule has 0 atom stereocenters. The Balaban J connectivity index is 2.00. The summed E-state index contributed by atoms with van der Waals surface area (Å²) in [6, 6.07) is 17.3. The Hall–Kier alpha value is -3.92. The zero-order chi connectivity index (χ0) is 24.2. The zero-order valence-electron chi connectivity index (χ0n) is 18.3. The molecular formula is C23H23N3O6S. The highest BCUT2D eigenvalue weighted by molar-refractivity contribution is 7.93. The quantitative estimate of drug-likeness (QED) is 0.393. The number of benzene rings is 3. The molecule has 0 heterocycles. The molecule has 0 bridgehead atoms. The van der Waals surface area contributed by atoms with Crippen molar-refractivity contribution >= 4 is 33.0 Å². The number of nitrogens with zero attached hydrogens (tertiary/aromatic N) is 2. The molecule has 0 radical (unpaired) electrons. The molecule has 0 aliphatic heterocycles. The molecular weight excluding hydrogens is 446 g/mol. The maximum Gasteiger partial charge on any atom is 0.274 e. The van der Waals surface area contributed by atoms with Crippen LogP contribution in [-0.4, -0.2) is 32.9 Å². The summed E-state index contributed by atoms with van der Waals surface area (Å²) in [6.07, 6.45) is 0. The summed E-state index contributed by atoms with van der Waals surface area (Å²) in [7, 11) is -2.83. The predicted molar refractivity (Wildman–Crippen MR) is 125 cm³/mol. The van der Waals surface area contributed by atoms with Gasteiger partial charge in [-0.3, -0.25) is 19.2 Å². The average molecular weight is 470 g/mol. The Labute approximate surface area is 191 Å². The van der Waals surface area contributed by atoms with Crippen LogP contribution in [0.5, 0.6) is 5.75 Å². The Kier molecular flexibility index (Phi) is 6.98. The maximum absolute atomic E-state index is 13.6. The van der Waals surface area contributed by atoms with Gasteiger partial charge in [0.1, 0.15) is 17.2 Å². The largest absolute Gasteiger partial charge is 0.495 e. The van der Waals surface area contributed by atoms with Crippen molar-refractivity contribution in [2.45, 2.75) is 18.7 Å². The number of methoxy groups -OCH3 is 1. The van der Waals surface area contributed by atoms with E-state index >= 15 is 0 Å². The molecule has 172 valence electrons. The van der Waals surface area contributed by atoms with Gasteiger partial charge in [-0.25, -0.2) is 8.42 Å². The van der Waals surface area contributed by atoms with Gasteiger partial charge in [0.05, 0.1) is 29.0 Å². The molecule has 0 aliphatic carbocycles. The molecule has 0 aromatic heterocycles. The van der Waals surface area contributed by atoms with Crippen molar-refractivity contribution < 1.29 is 22.9 Å². The number of nitro groups is 1. The van der Waals surface area contributed by atoms with Gasteiger partial charge in [-0.1, -0.05) is 30.3 Å². The molecule has 33 heavy (non-hydrogen) atoms. The number of anilines is 2. The summed E-state index contributed by atoms with van der Waals surface area (Å²) in [5, 5.41) is 13.8. The Morgan fingerprint density at radius 2 is 1.76 bits per heavy atom. The molecule has 0 unspecified atom stereocenters. The first-order chi connectivity index (χ1) is 15.6. The number of hydrogen-bond donors (Lipinski definition) is 1. The standard InChI is InChI=1S/C23H23N3O6S/c1-16-12-13-21(32-3)22(14-16)33(30,31)25(18-8-5-4-6-9-18)15-23(27)24-19-10-7-11-20(17(19)2)26(28)29/h4-14H,15H2,1-3H3,(H,24,27). The number of amides is 1. The summed E-state index contributed by atoms with van der Waals surface area (Å²) in [6.45, 7) is 2.71. The van der Waals surface area contributed by atoms with E-state index < -0.39 is 27.4 Å². The summed E-state index contributed by atoms with van der Waals surface area (Å²) < 4.78 is 33.5. The fraction of sp³-hybridized carbons (Fsp3) is 0.174. The van der Waals surface area contributed by atoms with E-state index in [0.717, 1.165) is 4.31 Å². The second-order valence-electron chi connectivity index (χ2n) is 7.26. The topological polar surface area (TPSA) is 119 Å². The minimum absolute atomic E-state index is 0.0758.